The average Bonchev–Trinajstić information content (AvgIpc) is 2.91. The Labute approximate surface area is 105 Å². The third kappa shape index (κ3) is 1.25. The minimum atomic E-state index is -0.223. The molecule has 0 aromatic heterocycles. The molecule has 90 valence electrons. The van der Waals surface area contributed by atoms with E-state index in [1.807, 2.05) is 11.8 Å². The molecule has 0 radical (unpaired) electrons. The van der Waals surface area contributed by atoms with Crippen LogP contribution in [0.25, 0.3) is 0 Å². The van der Waals surface area contributed by atoms with Crippen LogP contribution in [0, 0.1) is 11.8 Å². The quantitative estimate of drug-likeness (QED) is 0.740. The molecule has 3 aliphatic rings. The number of aliphatic hydroxyl groups is 2. The van der Waals surface area contributed by atoms with E-state index in [0.717, 1.165) is 12.8 Å². The molecule has 2 unspecified atom stereocenters. The molecule has 6 atom stereocenters. The Morgan fingerprint density at radius 1 is 0.882 bits per heavy atom. The highest BCUT2D eigenvalue weighted by atomic mass is 32.2. The third-order valence-corrected chi connectivity index (χ3v) is 6.42. The van der Waals surface area contributed by atoms with Crippen LogP contribution in [0.5, 0.6) is 0 Å². The second-order valence-electron chi connectivity index (χ2n) is 5.47. The van der Waals surface area contributed by atoms with Gasteiger partial charge >= 0.3 is 0 Å². The Morgan fingerprint density at radius 2 is 1.35 bits per heavy atom. The molecular weight excluding hydrogens is 232 g/mol. The Morgan fingerprint density at radius 3 is 1.82 bits per heavy atom. The molecule has 17 heavy (non-hydrogen) atoms. The summed E-state index contributed by atoms with van der Waals surface area (Å²) >= 11 is 1.95. The van der Waals surface area contributed by atoms with E-state index in [2.05, 4.69) is 24.3 Å². The van der Waals surface area contributed by atoms with Crippen LogP contribution in [0.4, 0.5) is 0 Å². The first-order valence-electron chi connectivity index (χ1n) is 6.38. The standard InChI is InChI=1S/C14H16O2S/c15-9-5-6-10(16)12-11(9)13-7-3-1-2-4-8(7)14(12)17-13/h1-4,9-16H,5-6H2/t9-,10+,11?,12?,13+,14-. The van der Waals surface area contributed by atoms with Gasteiger partial charge in [-0.05, 0) is 24.0 Å². The lowest BCUT2D eigenvalue weighted by molar-refractivity contribution is -0.0420. The van der Waals surface area contributed by atoms with Gasteiger partial charge < -0.3 is 10.2 Å². The van der Waals surface area contributed by atoms with Gasteiger partial charge in [0.15, 0.2) is 0 Å². The zero-order chi connectivity index (χ0) is 11.6. The fourth-order valence-electron chi connectivity index (χ4n) is 3.98. The molecule has 0 amide bonds. The number of fused-ring (bicyclic) bond motifs is 8. The lowest BCUT2D eigenvalue weighted by Crippen LogP contribution is -2.43. The smallest absolute Gasteiger partial charge is 0.0587 e. The van der Waals surface area contributed by atoms with Gasteiger partial charge in [0.2, 0.25) is 0 Å². The summed E-state index contributed by atoms with van der Waals surface area (Å²) in [5, 5.41) is 21.3. The van der Waals surface area contributed by atoms with E-state index in [1.165, 1.54) is 11.1 Å². The molecule has 1 saturated heterocycles. The van der Waals surface area contributed by atoms with Crippen LogP contribution in [0.2, 0.25) is 0 Å². The molecule has 1 aliphatic carbocycles. The number of rotatable bonds is 0. The van der Waals surface area contributed by atoms with E-state index >= 15 is 0 Å². The van der Waals surface area contributed by atoms with Crippen LogP contribution >= 0.6 is 11.8 Å². The molecule has 2 nitrogen and oxygen atoms in total. The Hall–Kier alpha value is -0.510. The van der Waals surface area contributed by atoms with Crippen LogP contribution in [0.15, 0.2) is 24.3 Å². The Bertz CT molecular complexity index is 420. The maximum atomic E-state index is 10.2. The fourth-order valence-corrected chi connectivity index (χ4v) is 6.10. The van der Waals surface area contributed by atoms with Crippen LogP contribution in [-0.4, -0.2) is 22.4 Å². The van der Waals surface area contributed by atoms with Crippen molar-refractivity contribution in [3.05, 3.63) is 35.4 Å². The molecular formula is C14H16O2S. The number of hydrogen-bond donors (Lipinski definition) is 2. The first-order valence-corrected chi connectivity index (χ1v) is 7.32. The second kappa shape index (κ2) is 3.50. The largest absolute Gasteiger partial charge is 0.393 e. The minimum absolute atomic E-state index is 0.223. The lowest BCUT2D eigenvalue weighted by Gasteiger charge is -2.41. The Kier molecular flexibility index (Phi) is 2.14. The summed E-state index contributed by atoms with van der Waals surface area (Å²) in [4.78, 5) is 0. The maximum Gasteiger partial charge on any atom is 0.0587 e. The molecule has 4 rings (SSSR count). The summed E-state index contributed by atoms with van der Waals surface area (Å²) in [7, 11) is 0. The molecule has 2 fully saturated rings. The maximum absolute atomic E-state index is 10.2. The normalized spacial score (nSPS) is 46.7. The zero-order valence-electron chi connectivity index (χ0n) is 9.49. The first kappa shape index (κ1) is 10.4. The van der Waals surface area contributed by atoms with Crippen molar-refractivity contribution in [2.24, 2.45) is 11.8 Å². The van der Waals surface area contributed by atoms with E-state index in [-0.39, 0.29) is 24.0 Å². The molecule has 0 spiro atoms. The van der Waals surface area contributed by atoms with Crippen molar-refractivity contribution in [1.29, 1.82) is 0 Å². The molecule has 1 saturated carbocycles. The molecule has 2 bridgehead atoms. The van der Waals surface area contributed by atoms with Gasteiger partial charge in [0.1, 0.15) is 0 Å². The van der Waals surface area contributed by atoms with Crippen molar-refractivity contribution >= 4 is 11.8 Å². The van der Waals surface area contributed by atoms with E-state index in [9.17, 15) is 10.2 Å². The third-order valence-electron chi connectivity index (χ3n) is 4.69. The molecule has 3 heteroatoms. The van der Waals surface area contributed by atoms with Gasteiger partial charge in [0.25, 0.3) is 0 Å². The van der Waals surface area contributed by atoms with Crippen molar-refractivity contribution in [1.82, 2.24) is 0 Å². The molecule has 1 aromatic rings. The summed E-state index contributed by atoms with van der Waals surface area (Å²) in [5.74, 6) is 0.535. The predicted octanol–water partition coefficient (Wildman–Crippen LogP) is 2.28. The van der Waals surface area contributed by atoms with Crippen molar-refractivity contribution in [3.63, 3.8) is 0 Å². The number of aliphatic hydroxyl groups excluding tert-OH is 2. The van der Waals surface area contributed by atoms with Crippen molar-refractivity contribution in [2.45, 2.75) is 35.5 Å². The van der Waals surface area contributed by atoms with Gasteiger partial charge in [-0.15, -0.1) is 11.8 Å². The van der Waals surface area contributed by atoms with Crippen LogP contribution < -0.4 is 0 Å². The molecule has 1 aromatic carbocycles. The highest BCUT2D eigenvalue weighted by Crippen LogP contribution is 2.69. The highest BCUT2D eigenvalue weighted by Gasteiger charge is 2.57. The SMILES string of the molecule is O[C@@H]1CC[C@H](O)C2C1[C@H]1S[C@@H]2c2ccccc21. The van der Waals surface area contributed by atoms with Gasteiger partial charge in [-0.25, -0.2) is 0 Å². The summed E-state index contributed by atoms with van der Waals surface area (Å²) in [6.45, 7) is 0. The topological polar surface area (TPSA) is 40.5 Å². The van der Waals surface area contributed by atoms with Crippen LogP contribution in [-0.2, 0) is 0 Å². The van der Waals surface area contributed by atoms with Crippen molar-refractivity contribution < 1.29 is 10.2 Å². The molecule has 2 aliphatic heterocycles. The fraction of sp³-hybridized carbons (Fsp3) is 0.571. The van der Waals surface area contributed by atoms with E-state index in [0.29, 0.717) is 10.5 Å². The Balaban J connectivity index is 1.83. The predicted molar refractivity (Wildman–Crippen MR) is 67.7 cm³/mol. The molecule has 2 N–H and O–H groups in total. The number of thioether (sulfide) groups is 1. The van der Waals surface area contributed by atoms with Crippen molar-refractivity contribution in [3.8, 4) is 0 Å². The number of benzene rings is 1. The van der Waals surface area contributed by atoms with E-state index in [1.54, 1.807) is 0 Å². The second-order valence-corrected chi connectivity index (χ2v) is 6.76. The first-order chi connectivity index (χ1) is 8.27. The van der Waals surface area contributed by atoms with Crippen LogP contribution in [0.1, 0.15) is 34.5 Å². The van der Waals surface area contributed by atoms with Gasteiger partial charge in [0, 0.05) is 22.3 Å². The summed E-state index contributed by atoms with van der Waals surface area (Å²) in [6.07, 6.45) is 1.07. The van der Waals surface area contributed by atoms with Gasteiger partial charge in [-0.3, -0.25) is 0 Å². The van der Waals surface area contributed by atoms with Gasteiger partial charge in [-0.1, -0.05) is 24.3 Å². The van der Waals surface area contributed by atoms with E-state index in [4.69, 9.17) is 0 Å². The van der Waals surface area contributed by atoms with Crippen molar-refractivity contribution in [2.75, 3.05) is 0 Å². The minimum Gasteiger partial charge on any atom is -0.393 e. The van der Waals surface area contributed by atoms with Crippen LogP contribution in [0.3, 0.4) is 0 Å². The molecule has 2 heterocycles. The summed E-state index contributed by atoms with van der Waals surface area (Å²) in [6, 6.07) is 8.55. The van der Waals surface area contributed by atoms with Gasteiger partial charge in [0.05, 0.1) is 12.2 Å². The average molecular weight is 248 g/mol. The monoisotopic (exact) mass is 248 g/mol. The van der Waals surface area contributed by atoms with E-state index < -0.39 is 0 Å². The zero-order valence-corrected chi connectivity index (χ0v) is 10.3. The highest BCUT2D eigenvalue weighted by molar-refractivity contribution is 8.00. The lowest BCUT2D eigenvalue weighted by atomic mass is 9.66. The number of hydrogen-bond acceptors (Lipinski definition) is 3. The summed E-state index contributed by atoms with van der Waals surface area (Å²) < 4.78 is 0. The summed E-state index contributed by atoms with van der Waals surface area (Å²) in [5.41, 5.74) is 2.80. The van der Waals surface area contributed by atoms with Gasteiger partial charge in [-0.2, -0.15) is 0 Å².